The van der Waals surface area contributed by atoms with Gasteiger partial charge in [0.05, 0.1) is 34.0 Å². The first-order chi connectivity index (χ1) is 16.9. The summed E-state index contributed by atoms with van der Waals surface area (Å²) in [6, 6.07) is 4.73. The van der Waals surface area contributed by atoms with Crippen LogP contribution in [0.25, 0.3) is 27.4 Å². The maximum absolute atomic E-state index is 14.4. The first kappa shape index (κ1) is 25.7. The van der Waals surface area contributed by atoms with Crippen molar-refractivity contribution < 1.29 is 31.1 Å². The van der Waals surface area contributed by atoms with Crippen molar-refractivity contribution >= 4 is 32.3 Å². The number of benzene rings is 1. The second-order valence-electron chi connectivity index (χ2n) is 7.82. The van der Waals surface area contributed by atoms with Gasteiger partial charge in [-0.25, -0.2) is 17.8 Å². The normalized spacial score (nSPS) is 13.2. The van der Waals surface area contributed by atoms with E-state index in [1.54, 1.807) is 16.2 Å². The molecule has 0 aliphatic rings. The highest BCUT2D eigenvalue weighted by Crippen LogP contribution is 2.37. The number of hydrogen-bond donors (Lipinski definition) is 2. The number of aromatic nitrogens is 3. The quantitative estimate of drug-likeness (QED) is 0.355. The van der Waals surface area contributed by atoms with Crippen LogP contribution in [0.4, 0.5) is 17.6 Å². The lowest BCUT2D eigenvalue weighted by Gasteiger charge is -2.17. The van der Waals surface area contributed by atoms with Gasteiger partial charge in [-0.2, -0.15) is 23.2 Å². The molecular formula is C22H17F4N5O3S2. The first-order valence-electron chi connectivity index (χ1n) is 10.2. The minimum absolute atomic E-state index is 0.0385. The smallest absolute Gasteiger partial charge is 0.391 e. The van der Waals surface area contributed by atoms with Crippen molar-refractivity contribution in [2.75, 3.05) is 0 Å². The number of thiazole rings is 1. The van der Waals surface area contributed by atoms with Gasteiger partial charge in [-0.3, -0.25) is 9.55 Å². The van der Waals surface area contributed by atoms with E-state index in [2.05, 4.69) is 9.97 Å². The van der Waals surface area contributed by atoms with Crippen LogP contribution in [0.5, 0.6) is 0 Å². The van der Waals surface area contributed by atoms with E-state index in [0.717, 1.165) is 23.6 Å². The number of nitrogens with one attached hydrogen (secondary N) is 1. The summed E-state index contributed by atoms with van der Waals surface area (Å²) in [6.45, 7) is 1.94. The molecule has 0 radical (unpaired) electrons. The number of hydrogen-bond acceptors (Lipinski definition) is 7. The second-order valence-corrected chi connectivity index (χ2v) is 10.6. The number of aliphatic hydroxyl groups is 1. The van der Waals surface area contributed by atoms with Gasteiger partial charge in [-0.05, 0) is 43.7 Å². The summed E-state index contributed by atoms with van der Waals surface area (Å²) >= 11 is 1.12. The van der Waals surface area contributed by atoms with Crippen molar-refractivity contribution in [3.63, 3.8) is 0 Å². The Morgan fingerprint density at radius 1 is 1.25 bits per heavy atom. The Morgan fingerprint density at radius 3 is 2.53 bits per heavy atom. The molecule has 0 fully saturated rings. The van der Waals surface area contributed by atoms with E-state index in [1.165, 1.54) is 24.4 Å². The molecule has 0 aliphatic heterocycles. The van der Waals surface area contributed by atoms with E-state index in [9.17, 15) is 36.3 Å². The fourth-order valence-electron chi connectivity index (χ4n) is 3.49. The predicted octanol–water partition coefficient (Wildman–Crippen LogP) is 4.19. The minimum Gasteiger partial charge on any atom is -0.391 e. The van der Waals surface area contributed by atoms with Crippen LogP contribution in [0.15, 0.2) is 41.6 Å². The predicted molar refractivity (Wildman–Crippen MR) is 123 cm³/mol. The van der Waals surface area contributed by atoms with E-state index in [1.807, 2.05) is 6.07 Å². The molecule has 3 aromatic heterocycles. The van der Waals surface area contributed by atoms with Crippen molar-refractivity contribution in [2.24, 2.45) is 0 Å². The molecule has 0 saturated carbocycles. The molecule has 0 unspecified atom stereocenters. The lowest BCUT2D eigenvalue weighted by molar-refractivity contribution is -0.147. The van der Waals surface area contributed by atoms with Gasteiger partial charge >= 0.3 is 6.18 Å². The largest absolute Gasteiger partial charge is 0.404 e. The number of aliphatic hydroxyl groups excluding tert-OH is 1. The summed E-state index contributed by atoms with van der Waals surface area (Å²) in [7, 11) is -4.55. The van der Waals surface area contributed by atoms with Gasteiger partial charge in [0.2, 0.25) is 10.0 Å². The van der Waals surface area contributed by atoms with Crippen LogP contribution < -0.4 is 4.72 Å². The van der Waals surface area contributed by atoms with Crippen LogP contribution in [-0.4, -0.2) is 40.3 Å². The summed E-state index contributed by atoms with van der Waals surface area (Å²) < 4.78 is 80.8. The minimum atomic E-state index is -4.78. The van der Waals surface area contributed by atoms with E-state index in [4.69, 9.17) is 0 Å². The zero-order chi connectivity index (χ0) is 26.4. The molecule has 4 rings (SSSR count). The first-order valence-corrected chi connectivity index (χ1v) is 12.5. The van der Waals surface area contributed by atoms with Crippen LogP contribution in [0.1, 0.15) is 22.9 Å². The fourth-order valence-corrected chi connectivity index (χ4v) is 5.45. The molecule has 0 saturated heterocycles. The fraction of sp³-hybridized carbons (Fsp3) is 0.227. The molecule has 14 heteroatoms. The molecule has 2 N–H and O–H groups in total. The van der Waals surface area contributed by atoms with E-state index in [-0.39, 0.29) is 28.9 Å². The maximum Gasteiger partial charge on any atom is 0.404 e. The zero-order valence-electron chi connectivity index (χ0n) is 18.6. The van der Waals surface area contributed by atoms with E-state index in [0.29, 0.717) is 28.0 Å². The molecule has 3 heterocycles. The van der Waals surface area contributed by atoms with Gasteiger partial charge in [-0.15, -0.1) is 0 Å². The lowest BCUT2D eigenvalue weighted by atomic mass is 10.1. The Bertz CT molecular complexity index is 1600. The van der Waals surface area contributed by atoms with Crippen LogP contribution >= 0.6 is 11.3 Å². The van der Waals surface area contributed by atoms with Crippen molar-refractivity contribution in [1.29, 1.82) is 5.26 Å². The van der Waals surface area contributed by atoms with Crippen LogP contribution in [0.3, 0.4) is 0 Å². The Hall–Kier alpha value is -3.38. The lowest BCUT2D eigenvalue weighted by Crippen LogP contribution is -2.42. The molecule has 0 spiro atoms. The summed E-state index contributed by atoms with van der Waals surface area (Å²) in [5.74, 6) is -0.544. The Morgan fingerprint density at radius 2 is 1.97 bits per heavy atom. The molecule has 0 aliphatic carbocycles. The molecular weight excluding hydrogens is 522 g/mol. The maximum atomic E-state index is 14.4. The average molecular weight is 540 g/mol. The molecule has 1 aromatic carbocycles. The zero-order valence-corrected chi connectivity index (χ0v) is 20.3. The van der Waals surface area contributed by atoms with Crippen molar-refractivity contribution in [1.82, 2.24) is 19.3 Å². The molecule has 0 bridgehead atoms. The van der Waals surface area contributed by atoms with E-state index >= 15 is 0 Å². The monoisotopic (exact) mass is 539 g/mol. The van der Waals surface area contributed by atoms with Gasteiger partial charge in [-0.1, -0.05) is 11.3 Å². The van der Waals surface area contributed by atoms with Gasteiger partial charge < -0.3 is 5.11 Å². The Balaban J connectivity index is 1.90. The summed E-state index contributed by atoms with van der Waals surface area (Å²) in [5.41, 5.74) is 1.05. The number of sulfonamides is 1. The molecule has 188 valence electrons. The van der Waals surface area contributed by atoms with Gasteiger partial charge in [0.15, 0.2) is 5.13 Å². The number of fused-ring (bicyclic) bond motifs is 1. The van der Waals surface area contributed by atoms with Crippen LogP contribution in [0, 0.1) is 24.1 Å². The molecule has 8 nitrogen and oxygen atoms in total. The summed E-state index contributed by atoms with van der Waals surface area (Å²) in [4.78, 5) is 8.40. The molecule has 1 atom stereocenters. The number of pyridine rings is 1. The molecule has 4 aromatic rings. The van der Waals surface area contributed by atoms with Crippen LogP contribution in [-0.2, 0) is 16.6 Å². The van der Waals surface area contributed by atoms with Crippen molar-refractivity contribution in [2.45, 2.75) is 37.6 Å². The second kappa shape index (κ2) is 9.25. The van der Waals surface area contributed by atoms with Crippen molar-refractivity contribution in [3.8, 4) is 22.6 Å². The van der Waals surface area contributed by atoms with Gasteiger partial charge in [0, 0.05) is 17.8 Å². The summed E-state index contributed by atoms with van der Waals surface area (Å²) in [5, 5.41) is 20.0. The topological polar surface area (TPSA) is 121 Å². The third-order valence-corrected chi connectivity index (χ3v) is 7.85. The highest BCUT2D eigenvalue weighted by molar-refractivity contribution is 7.89. The number of alkyl halides is 3. The third-order valence-electron chi connectivity index (χ3n) is 5.36. The molecule has 0 amide bonds. The highest BCUT2D eigenvalue weighted by atomic mass is 32.2. The number of nitriles is 1. The standard InChI is InChI=1S/C22H17F4N5O3S2/c1-11-5-19-15(6-17(11)23)16(7-27)20(31(19)21-29-8-13(10-32)35-21)18-4-3-14(9-28-18)36(33,34)30-12(2)22(24,25)26/h3-6,8-9,12,30,32H,10H2,1-2H3/t12-/m0/s1. The third kappa shape index (κ3) is 4.58. The number of halogens is 4. The van der Waals surface area contributed by atoms with Crippen LogP contribution in [0.2, 0.25) is 0 Å². The molecule has 36 heavy (non-hydrogen) atoms. The SMILES string of the molecule is Cc1cc2c(cc1F)c(C#N)c(-c1ccc(S(=O)(=O)N[C@@H](C)C(F)(F)F)cn1)n2-c1ncc(CO)s1. The van der Waals surface area contributed by atoms with E-state index < -0.39 is 33.0 Å². The number of nitrogens with zero attached hydrogens (tertiary/aromatic N) is 4. The number of rotatable bonds is 6. The highest BCUT2D eigenvalue weighted by Gasteiger charge is 2.39. The van der Waals surface area contributed by atoms with Gasteiger partial charge in [0.1, 0.15) is 22.8 Å². The average Bonchev–Trinajstić information content (AvgIpc) is 3.40. The van der Waals surface area contributed by atoms with Gasteiger partial charge in [0.25, 0.3) is 0 Å². The van der Waals surface area contributed by atoms with Crippen molar-refractivity contribution in [3.05, 3.63) is 58.5 Å². The number of aryl methyl sites for hydroxylation is 1. The Kier molecular flexibility index (Phi) is 6.60. The Labute approximate surface area is 206 Å². The summed E-state index contributed by atoms with van der Waals surface area (Å²) in [6.07, 6.45) is -2.47.